The smallest absolute Gasteiger partial charge is 0.224 e. The number of rotatable bonds is 3. The second-order valence-electron chi connectivity index (χ2n) is 3.85. The third kappa shape index (κ3) is 2.73. The van der Waals surface area contributed by atoms with Crippen LogP contribution in [0.5, 0.6) is 0 Å². The lowest BCUT2D eigenvalue weighted by Gasteiger charge is -2.01. The fourth-order valence-corrected chi connectivity index (χ4v) is 3.84. The van der Waals surface area contributed by atoms with Gasteiger partial charge in [0.2, 0.25) is 5.28 Å². The molecule has 0 aromatic carbocycles. The molecule has 0 saturated carbocycles. The summed E-state index contributed by atoms with van der Waals surface area (Å²) < 4.78 is 0. The maximum Gasteiger partial charge on any atom is 0.224 e. The molecule has 0 unspecified atom stereocenters. The molecule has 3 aromatic heterocycles. The molecule has 19 heavy (non-hydrogen) atoms. The van der Waals surface area contributed by atoms with Gasteiger partial charge >= 0.3 is 0 Å². The summed E-state index contributed by atoms with van der Waals surface area (Å²) in [7, 11) is 0. The number of hydrogen-bond donors (Lipinski definition) is 0. The van der Waals surface area contributed by atoms with Crippen molar-refractivity contribution in [3.05, 3.63) is 40.6 Å². The van der Waals surface area contributed by atoms with Gasteiger partial charge in [0.15, 0.2) is 0 Å². The molecule has 0 radical (unpaired) electrons. The minimum absolute atomic E-state index is 0.287. The number of pyridine rings is 1. The zero-order valence-corrected chi connectivity index (χ0v) is 12.5. The SMILES string of the molecule is CCc1cc2c(Sc3ccccn3)nc(Cl)nc2s1. The fourth-order valence-electron chi connectivity index (χ4n) is 1.68. The van der Waals surface area contributed by atoms with Crippen molar-refractivity contribution in [2.45, 2.75) is 23.4 Å². The van der Waals surface area contributed by atoms with Crippen molar-refractivity contribution in [1.29, 1.82) is 0 Å². The first-order valence-electron chi connectivity index (χ1n) is 5.81. The molecule has 0 atom stereocenters. The van der Waals surface area contributed by atoms with E-state index in [4.69, 9.17) is 11.6 Å². The van der Waals surface area contributed by atoms with Gasteiger partial charge in [0.25, 0.3) is 0 Å². The van der Waals surface area contributed by atoms with Crippen LogP contribution in [0, 0.1) is 0 Å². The van der Waals surface area contributed by atoms with E-state index < -0.39 is 0 Å². The minimum atomic E-state index is 0.287. The van der Waals surface area contributed by atoms with E-state index in [1.165, 1.54) is 16.6 Å². The second kappa shape index (κ2) is 5.45. The first-order chi connectivity index (χ1) is 9.26. The summed E-state index contributed by atoms with van der Waals surface area (Å²) in [6.45, 7) is 2.13. The zero-order chi connectivity index (χ0) is 13.2. The summed E-state index contributed by atoms with van der Waals surface area (Å²) in [4.78, 5) is 15.1. The van der Waals surface area contributed by atoms with Gasteiger partial charge in [-0.15, -0.1) is 11.3 Å². The van der Waals surface area contributed by atoms with E-state index in [1.807, 2.05) is 18.2 Å². The van der Waals surface area contributed by atoms with Gasteiger partial charge in [-0.25, -0.2) is 15.0 Å². The van der Waals surface area contributed by atoms with Crippen LogP contribution in [0.4, 0.5) is 0 Å². The molecule has 6 heteroatoms. The Morgan fingerprint density at radius 2 is 2.21 bits per heavy atom. The highest BCUT2D eigenvalue weighted by Crippen LogP contribution is 2.35. The Morgan fingerprint density at radius 1 is 1.32 bits per heavy atom. The van der Waals surface area contributed by atoms with Crippen LogP contribution in [0.15, 0.2) is 40.5 Å². The number of hydrogen-bond acceptors (Lipinski definition) is 5. The maximum atomic E-state index is 5.99. The number of halogens is 1. The van der Waals surface area contributed by atoms with Crippen molar-refractivity contribution in [1.82, 2.24) is 15.0 Å². The van der Waals surface area contributed by atoms with E-state index >= 15 is 0 Å². The molecule has 0 spiro atoms. The van der Waals surface area contributed by atoms with Crippen molar-refractivity contribution >= 4 is 44.9 Å². The first kappa shape index (κ1) is 12.8. The standard InChI is InChI=1S/C13H10ClN3S2/c1-2-8-7-9-11(18-8)16-13(14)17-12(9)19-10-5-3-4-6-15-10/h3-7H,2H2,1H3. The topological polar surface area (TPSA) is 38.7 Å². The van der Waals surface area contributed by atoms with Gasteiger partial charge in [0.05, 0.1) is 0 Å². The third-order valence-corrected chi connectivity index (χ3v) is 4.87. The van der Waals surface area contributed by atoms with E-state index in [2.05, 4.69) is 27.9 Å². The predicted molar refractivity (Wildman–Crippen MR) is 80.2 cm³/mol. The summed E-state index contributed by atoms with van der Waals surface area (Å²) in [6, 6.07) is 7.95. The number of aromatic nitrogens is 3. The zero-order valence-electron chi connectivity index (χ0n) is 10.1. The van der Waals surface area contributed by atoms with Crippen LogP contribution < -0.4 is 0 Å². The van der Waals surface area contributed by atoms with Gasteiger partial charge in [-0.1, -0.05) is 13.0 Å². The molecule has 3 nitrogen and oxygen atoms in total. The summed E-state index contributed by atoms with van der Waals surface area (Å²) in [6.07, 6.45) is 2.76. The lowest BCUT2D eigenvalue weighted by molar-refractivity contribution is 1.08. The molecule has 0 aliphatic carbocycles. The van der Waals surface area contributed by atoms with E-state index in [-0.39, 0.29) is 5.28 Å². The van der Waals surface area contributed by atoms with Gasteiger partial charge in [-0.3, -0.25) is 0 Å². The molecular weight excluding hydrogens is 298 g/mol. The Morgan fingerprint density at radius 3 is 2.95 bits per heavy atom. The number of aryl methyl sites for hydroxylation is 1. The summed E-state index contributed by atoms with van der Waals surface area (Å²) in [5, 5.41) is 3.12. The van der Waals surface area contributed by atoms with Crippen molar-refractivity contribution in [3.63, 3.8) is 0 Å². The molecule has 3 heterocycles. The highest BCUT2D eigenvalue weighted by Gasteiger charge is 2.12. The molecule has 3 rings (SSSR count). The van der Waals surface area contributed by atoms with Gasteiger partial charge in [-0.05, 0) is 48.0 Å². The van der Waals surface area contributed by atoms with Crippen molar-refractivity contribution in [3.8, 4) is 0 Å². The molecule has 0 aliphatic rings. The monoisotopic (exact) mass is 307 g/mol. The Labute approximate surface area is 124 Å². The highest BCUT2D eigenvalue weighted by atomic mass is 35.5. The van der Waals surface area contributed by atoms with Crippen LogP contribution >= 0.6 is 34.7 Å². The lowest BCUT2D eigenvalue weighted by atomic mass is 10.3. The molecule has 0 N–H and O–H groups in total. The van der Waals surface area contributed by atoms with Gasteiger partial charge in [0.1, 0.15) is 14.9 Å². The fraction of sp³-hybridized carbons (Fsp3) is 0.154. The average molecular weight is 308 g/mol. The highest BCUT2D eigenvalue weighted by molar-refractivity contribution is 7.99. The van der Waals surface area contributed by atoms with Crippen LogP contribution in [0.3, 0.4) is 0 Å². The van der Waals surface area contributed by atoms with E-state index in [1.54, 1.807) is 17.5 Å². The van der Waals surface area contributed by atoms with Gasteiger partial charge in [-0.2, -0.15) is 0 Å². The average Bonchev–Trinajstić information content (AvgIpc) is 2.83. The quantitative estimate of drug-likeness (QED) is 0.529. The Bertz CT molecular complexity index is 712. The van der Waals surface area contributed by atoms with Crippen LogP contribution in [-0.4, -0.2) is 15.0 Å². The summed E-state index contributed by atoms with van der Waals surface area (Å²) in [5.74, 6) is 0. The van der Waals surface area contributed by atoms with E-state index in [9.17, 15) is 0 Å². The molecule has 0 saturated heterocycles. The molecule has 96 valence electrons. The third-order valence-electron chi connectivity index (χ3n) is 2.57. The van der Waals surface area contributed by atoms with Crippen LogP contribution in [0.2, 0.25) is 5.28 Å². The number of thiophene rings is 1. The van der Waals surface area contributed by atoms with Crippen molar-refractivity contribution in [2.75, 3.05) is 0 Å². The molecule has 0 fully saturated rings. The number of fused-ring (bicyclic) bond motifs is 1. The molecule has 0 bridgehead atoms. The van der Waals surface area contributed by atoms with Gasteiger partial charge < -0.3 is 0 Å². The summed E-state index contributed by atoms with van der Waals surface area (Å²) >= 11 is 9.18. The molecule has 0 amide bonds. The predicted octanol–water partition coefficient (Wildman–Crippen LogP) is 4.45. The van der Waals surface area contributed by atoms with Crippen LogP contribution in [0.25, 0.3) is 10.2 Å². The van der Waals surface area contributed by atoms with Crippen molar-refractivity contribution in [2.24, 2.45) is 0 Å². The lowest BCUT2D eigenvalue weighted by Crippen LogP contribution is -1.87. The normalized spacial score (nSPS) is 11.1. The maximum absolute atomic E-state index is 5.99. The van der Waals surface area contributed by atoms with Crippen LogP contribution in [0.1, 0.15) is 11.8 Å². The molecule has 0 aliphatic heterocycles. The molecular formula is C13H10ClN3S2. The second-order valence-corrected chi connectivity index (χ2v) is 6.32. The van der Waals surface area contributed by atoms with E-state index in [0.29, 0.717) is 0 Å². The van der Waals surface area contributed by atoms with E-state index in [0.717, 1.165) is 26.7 Å². The molecule has 3 aromatic rings. The van der Waals surface area contributed by atoms with Crippen LogP contribution in [-0.2, 0) is 6.42 Å². The Kier molecular flexibility index (Phi) is 3.68. The minimum Gasteiger partial charge on any atom is -0.250 e. The Hall–Kier alpha value is -1.17. The summed E-state index contributed by atoms with van der Waals surface area (Å²) in [5.41, 5.74) is 0. The van der Waals surface area contributed by atoms with Gasteiger partial charge in [0, 0.05) is 16.5 Å². The Balaban J connectivity index is 2.09. The van der Waals surface area contributed by atoms with Crippen molar-refractivity contribution < 1.29 is 0 Å². The number of nitrogens with zero attached hydrogens (tertiary/aromatic N) is 3. The first-order valence-corrected chi connectivity index (χ1v) is 7.82. The largest absolute Gasteiger partial charge is 0.250 e.